The van der Waals surface area contributed by atoms with Gasteiger partial charge < -0.3 is 9.40 Å². The molecule has 0 aliphatic heterocycles. The van der Waals surface area contributed by atoms with Crippen molar-refractivity contribution in [3.05, 3.63) is 18.2 Å². The van der Waals surface area contributed by atoms with Crippen molar-refractivity contribution >= 4 is 0 Å². The van der Waals surface area contributed by atoms with Crippen LogP contribution in [-0.2, 0) is 11.9 Å². The number of aryl methyl sites for hydroxylation is 1. The minimum absolute atomic E-state index is 0.299. The lowest BCUT2D eigenvalue weighted by Gasteiger charge is -2.09. The summed E-state index contributed by atoms with van der Waals surface area (Å²) in [6, 6.07) is 0. The van der Waals surface area contributed by atoms with Crippen LogP contribution in [0, 0.1) is 0 Å². The Labute approximate surface area is 65.9 Å². The molecule has 11 heavy (non-hydrogen) atoms. The number of hydrogen-bond acceptors (Lipinski definition) is 3. The maximum Gasteiger partial charge on any atom is 0.0945 e. The molecule has 1 aromatic rings. The third kappa shape index (κ3) is 1.78. The van der Waals surface area contributed by atoms with Crippen molar-refractivity contribution in [1.29, 1.82) is 0 Å². The Bertz CT molecular complexity index is 221. The van der Waals surface area contributed by atoms with Gasteiger partial charge in [-0.3, -0.25) is 0 Å². The fourth-order valence-electron chi connectivity index (χ4n) is 1.07. The van der Waals surface area contributed by atoms with Gasteiger partial charge in [-0.15, -0.1) is 0 Å². The molecular weight excluding hydrogens is 142 g/mol. The lowest BCUT2D eigenvalue weighted by Crippen LogP contribution is -2.11. The van der Waals surface area contributed by atoms with Gasteiger partial charge in [-0.2, -0.15) is 0 Å². The Balaban J connectivity index is 2.67. The van der Waals surface area contributed by atoms with Crippen LogP contribution in [0.2, 0.25) is 0 Å². The molecule has 1 rings (SSSR count). The fourth-order valence-corrected chi connectivity index (χ4v) is 1.07. The summed E-state index contributed by atoms with van der Waals surface area (Å²) in [4.78, 5) is 8.53. The van der Waals surface area contributed by atoms with E-state index in [1.165, 1.54) is 0 Å². The highest BCUT2D eigenvalue weighted by Crippen LogP contribution is 2.12. The predicted octanol–water partition coefficient (Wildman–Crippen LogP) is 0.414. The molecule has 0 saturated heterocycles. The minimum atomic E-state index is 0.299. The second-order valence-corrected chi connectivity index (χ2v) is 2.66. The normalized spacial score (nSPS) is 13.4. The summed E-state index contributed by atoms with van der Waals surface area (Å²) < 4.78 is 1.96. The standard InChI is InChI=1S/C7H13N3O/c1-6(4-11-8)7-3-9-5-10(7)2/h3,5-6H,4,8H2,1-2H3. The molecule has 0 aliphatic rings. The molecule has 0 amide bonds. The van der Waals surface area contributed by atoms with Gasteiger partial charge in [0.05, 0.1) is 12.9 Å². The predicted molar refractivity (Wildman–Crippen MR) is 41.8 cm³/mol. The van der Waals surface area contributed by atoms with Crippen LogP contribution in [0.3, 0.4) is 0 Å². The average Bonchev–Trinajstić information content (AvgIpc) is 2.36. The van der Waals surface area contributed by atoms with Crippen molar-refractivity contribution in [2.24, 2.45) is 12.9 Å². The van der Waals surface area contributed by atoms with E-state index >= 15 is 0 Å². The summed E-state index contributed by atoms with van der Waals surface area (Å²) in [5.74, 6) is 5.25. The number of imidazole rings is 1. The van der Waals surface area contributed by atoms with E-state index in [4.69, 9.17) is 5.90 Å². The topological polar surface area (TPSA) is 53.1 Å². The summed E-state index contributed by atoms with van der Waals surface area (Å²) in [6.45, 7) is 2.57. The van der Waals surface area contributed by atoms with E-state index in [2.05, 4.69) is 9.82 Å². The lowest BCUT2D eigenvalue weighted by atomic mass is 10.1. The molecule has 0 bridgehead atoms. The van der Waals surface area contributed by atoms with Crippen LogP contribution >= 0.6 is 0 Å². The van der Waals surface area contributed by atoms with E-state index in [9.17, 15) is 0 Å². The maximum atomic E-state index is 4.96. The molecule has 1 atom stereocenters. The van der Waals surface area contributed by atoms with Crippen molar-refractivity contribution in [3.63, 3.8) is 0 Å². The fraction of sp³-hybridized carbons (Fsp3) is 0.571. The first-order chi connectivity index (χ1) is 5.25. The third-order valence-corrected chi connectivity index (χ3v) is 1.71. The summed E-state index contributed by atoms with van der Waals surface area (Å²) in [5.41, 5.74) is 1.13. The molecule has 2 N–H and O–H groups in total. The van der Waals surface area contributed by atoms with Gasteiger partial charge in [-0.05, 0) is 0 Å². The van der Waals surface area contributed by atoms with Crippen LogP contribution < -0.4 is 5.90 Å². The highest BCUT2D eigenvalue weighted by molar-refractivity contribution is 5.04. The number of rotatable bonds is 3. The Morgan fingerprint density at radius 2 is 2.55 bits per heavy atom. The smallest absolute Gasteiger partial charge is 0.0945 e. The van der Waals surface area contributed by atoms with Gasteiger partial charge in [0.1, 0.15) is 0 Å². The van der Waals surface area contributed by atoms with Crippen molar-refractivity contribution in [1.82, 2.24) is 9.55 Å². The Hall–Kier alpha value is -0.870. The van der Waals surface area contributed by atoms with Crippen LogP contribution in [0.1, 0.15) is 18.5 Å². The van der Waals surface area contributed by atoms with Crippen LogP contribution in [-0.4, -0.2) is 16.2 Å². The average molecular weight is 155 g/mol. The largest absolute Gasteiger partial charge is 0.337 e. The Kier molecular flexibility index (Phi) is 2.62. The first-order valence-electron chi connectivity index (χ1n) is 3.53. The quantitative estimate of drug-likeness (QED) is 0.643. The van der Waals surface area contributed by atoms with Crippen molar-refractivity contribution in [3.8, 4) is 0 Å². The molecule has 0 fully saturated rings. The van der Waals surface area contributed by atoms with Crippen LogP contribution in [0.5, 0.6) is 0 Å². The first-order valence-corrected chi connectivity index (χ1v) is 3.53. The third-order valence-electron chi connectivity index (χ3n) is 1.71. The van der Waals surface area contributed by atoms with E-state index in [-0.39, 0.29) is 0 Å². The minimum Gasteiger partial charge on any atom is -0.337 e. The van der Waals surface area contributed by atoms with Gasteiger partial charge in [0.2, 0.25) is 0 Å². The second kappa shape index (κ2) is 3.50. The lowest BCUT2D eigenvalue weighted by molar-refractivity contribution is 0.125. The molecule has 0 radical (unpaired) electrons. The number of nitrogens with zero attached hydrogens (tertiary/aromatic N) is 2. The molecule has 1 heterocycles. The molecule has 0 saturated carbocycles. The van der Waals surface area contributed by atoms with Gasteiger partial charge in [-0.1, -0.05) is 6.92 Å². The number of aromatic nitrogens is 2. The number of hydrogen-bond donors (Lipinski definition) is 1. The second-order valence-electron chi connectivity index (χ2n) is 2.66. The van der Waals surface area contributed by atoms with Crippen LogP contribution in [0.4, 0.5) is 0 Å². The summed E-state index contributed by atoms with van der Waals surface area (Å²) >= 11 is 0. The van der Waals surface area contributed by atoms with E-state index in [0.29, 0.717) is 12.5 Å². The highest BCUT2D eigenvalue weighted by Gasteiger charge is 2.07. The van der Waals surface area contributed by atoms with Gasteiger partial charge in [0.25, 0.3) is 0 Å². The van der Waals surface area contributed by atoms with E-state index in [1.54, 1.807) is 6.33 Å². The first kappa shape index (κ1) is 8.23. The Morgan fingerprint density at radius 3 is 3.00 bits per heavy atom. The van der Waals surface area contributed by atoms with Crippen molar-refractivity contribution < 1.29 is 4.84 Å². The number of nitrogens with two attached hydrogens (primary N) is 1. The molecule has 0 spiro atoms. The molecule has 1 unspecified atom stereocenters. The Morgan fingerprint density at radius 1 is 1.82 bits per heavy atom. The molecule has 4 nitrogen and oxygen atoms in total. The highest BCUT2D eigenvalue weighted by atomic mass is 16.6. The van der Waals surface area contributed by atoms with Crippen LogP contribution in [0.25, 0.3) is 0 Å². The molecule has 0 aliphatic carbocycles. The summed E-state index contributed by atoms with van der Waals surface area (Å²) in [5, 5.41) is 0. The van der Waals surface area contributed by atoms with E-state index in [1.807, 2.05) is 24.7 Å². The van der Waals surface area contributed by atoms with Gasteiger partial charge in [0.15, 0.2) is 0 Å². The SMILES string of the molecule is CC(CON)c1cncn1C. The zero-order chi connectivity index (χ0) is 8.27. The summed E-state index contributed by atoms with van der Waals surface area (Å²) in [6.07, 6.45) is 3.59. The van der Waals surface area contributed by atoms with Gasteiger partial charge >= 0.3 is 0 Å². The van der Waals surface area contributed by atoms with Crippen molar-refractivity contribution in [2.75, 3.05) is 6.61 Å². The molecule has 0 aromatic carbocycles. The summed E-state index contributed by atoms with van der Waals surface area (Å²) in [7, 11) is 1.95. The van der Waals surface area contributed by atoms with E-state index in [0.717, 1.165) is 5.69 Å². The molecule has 1 aromatic heterocycles. The zero-order valence-corrected chi connectivity index (χ0v) is 6.82. The molecule has 4 heteroatoms. The van der Waals surface area contributed by atoms with E-state index < -0.39 is 0 Å². The zero-order valence-electron chi connectivity index (χ0n) is 6.82. The van der Waals surface area contributed by atoms with Gasteiger partial charge in [-0.25, -0.2) is 10.9 Å². The van der Waals surface area contributed by atoms with Gasteiger partial charge in [0, 0.05) is 24.9 Å². The molecule has 62 valence electrons. The van der Waals surface area contributed by atoms with Crippen molar-refractivity contribution in [2.45, 2.75) is 12.8 Å². The maximum absolute atomic E-state index is 4.96. The van der Waals surface area contributed by atoms with Crippen LogP contribution in [0.15, 0.2) is 12.5 Å². The monoisotopic (exact) mass is 155 g/mol. The molecular formula is C7H13N3O.